The van der Waals surface area contributed by atoms with Crippen LogP contribution in [0.2, 0.25) is 0 Å². The van der Waals surface area contributed by atoms with Crippen molar-refractivity contribution < 1.29 is 14.7 Å². The van der Waals surface area contributed by atoms with E-state index in [4.69, 9.17) is 10.8 Å². The Morgan fingerprint density at radius 3 is 2.41 bits per heavy atom. The number of aliphatic carboxylic acids is 1. The van der Waals surface area contributed by atoms with E-state index in [1.165, 1.54) is 0 Å². The van der Waals surface area contributed by atoms with Crippen molar-refractivity contribution in [3.8, 4) is 0 Å². The van der Waals surface area contributed by atoms with Crippen molar-refractivity contribution in [3.05, 3.63) is 0 Å². The van der Waals surface area contributed by atoms with Crippen LogP contribution in [0.4, 0.5) is 0 Å². The third-order valence-corrected chi connectivity index (χ3v) is 3.07. The second kappa shape index (κ2) is 6.00. The number of amides is 1. The summed E-state index contributed by atoms with van der Waals surface area (Å²) < 4.78 is 0. The first-order valence-electron chi connectivity index (χ1n) is 6.19. The molecule has 0 spiro atoms. The Morgan fingerprint density at radius 2 is 2.00 bits per heavy atom. The van der Waals surface area contributed by atoms with Gasteiger partial charge < -0.3 is 15.7 Å². The van der Waals surface area contributed by atoms with Crippen LogP contribution in [0, 0.1) is 5.92 Å². The molecule has 0 saturated heterocycles. The number of carboxylic acids is 1. The molecule has 0 heterocycles. The van der Waals surface area contributed by atoms with Gasteiger partial charge in [0.2, 0.25) is 5.91 Å². The summed E-state index contributed by atoms with van der Waals surface area (Å²) in [5.74, 6) is -0.408. The van der Waals surface area contributed by atoms with E-state index in [2.05, 4.69) is 0 Å². The highest BCUT2D eigenvalue weighted by molar-refractivity contribution is 5.82. The van der Waals surface area contributed by atoms with Gasteiger partial charge in [0, 0.05) is 12.6 Å². The molecule has 0 aliphatic heterocycles. The fraction of sp³-hybridized carbons (Fsp3) is 0.833. The molecule has 5 nitrogen and oxygen atoms in total. The molecule has 98 valence electrons. The molecule has 0 unspecified atom stereocenters. The monoisotopic (exact) mass is 242 g/mol. The highest BCUT2D eigenvalue weighted by atomic mass is 16.4. The first kappa shape index (κ1) is 14.0. The molecule has 17 heavy (non-hydrogen) atoms. The first-order chi connectivity index (χ1) is 7.91. The summed E-state index contributed by atoms with van der Waals surface area (Å²) in [5, 5.41) is 8.65. The predicted octanol–water partition coefficient (Wildman–Crippen LogP) is 0.825. The smallest absolute Gasteiger partial charge is 0.305 e. The molecule has 1 amide bonds. The van der Waals surface area contributed by atoms with Gasteiger partial charge in [-0.05, 0) is 26.2 Å². The Morgan fingerprint density at radius 1 is 1.41 bits per heavy atom. The van der Waals surface area contributed by atoms with E-state index in [9.17, 15) is 9.59 Å². The molecule has 0 bridgehead atoms. The van der Waals surface area contributed by atoms with Crippen LogP contribution in [-0.4, -0.2) is 40.5 Å². The molecule has 1 atom stereocenters. The second-order valence-electron chi connectivity index (χ2n) is 5.05. The Balaban J connectivity index is 2.48. The molecule has 3 N–H and O–H groups in total. The molecule has 1 rings (SSSR count). The first-order valence-corrected chi connectivity index (χ1v) is 6.19. The number of hydrogen-bond donors (Lipinski definition) is 2. The van der Waals surface area contributed by atoms with Gasteiger partial charge in [0.15, 0.2) is 0 Å². The largest absolute Gasteiger partial charge is 0.481 e. The standard InChI is InChI=1S/C12H22N2O3/c1-8(2)14(6-5-11(15)16)12(17)10(13)7-9-3-4-9/h8-10H,3-7,13H2,1-2H3,(H,15,16)/t10-/m0/s1. The maximum absolute atomic E-state index is 12.1. The summed E-state index contributed by atoms with van der Waals surface area (Å²) in [6, 6.07) is -0.481. The van der Waals surface area contributed by atoms with Gasteiger partial charge in [-0.2, -0.15) is 0 Å². The fourth-order valence-corrected chi connectivity index (χ4v) is 1.87. The Labute approximate surface area is 102 Å². The summed E-state index contributed by atoms with van der Waals surface area (Å²) in [5.41, 5.74) is 5.86. The van der Waals surface area contributed by atoms with Crippen LogP contribution in [0.3, 0.4) is 0 Å². The summed E-state index contributed by atoms with van der Waals surface area (Å²) in [7, 11) is 0. The molecular formula is C12H22N2O3. The number of carboxylic acid groups (broad SMARTS) is 1. The van der Waals surface area contributed by atoms with Crippen LogP contribution in [-0.2, 0) is 9.59 Å². The molecule has 1 aliphatic rings. The van der Waals surface area contributed by atoms with Gasteiger partial charge in [-0.3, -0.25) is 9.59 Å². The molecule has 1 saturated carbocycles. The SMILES string of the molecule is CC(C)N(CCC(=O)O)C(=O)[C@@H](N)CC1CC1. The zero-order valence-corrected chi connectivity index (χ0v) is 10.6. The zero-order valence-electron chi connectivity index (χ0n) is 10.6. The van der Waals surface area contributed by atoms with Crippen molar-refractivity contribution >= 4 is 11.9 Å². The molecular weight excluding hydrogens is 220 g/mol. The quantitative estimate of drug-likeness (QED) is 0.692. The third kappa shape index (κ3) is 4.73. The predicted molar refractivity (Wildman–Crippen MR) is 64.4 cm³/mol. The van der Waals surface area contributed by atoms with E-state index < -0.39 is 12.0 Å². The van der Waals surface area contributed by atoms with E-state index in [0.717, 1.165) is 19.3 Å². The van der Waals surface area contributed by atoms with Crippen LogP contribution in [0.5, 0.6) is 0 Å². The van der Waals surface area contributed by atoms with Crippen molar-refractivity contribution in [2.75, 3.05) is 6.54 Å². The maximum Gasteiger partial charge on any atom is 0.305 e. The van der Waals surface area contributed by atoms with E-state index in [-0.39, 0.29) is 24.9 Å². The van der Waals surface area contributed by atoms with Gasteiger partial charge in [-0.1, -0.05) is 12.8 Å². The van der Waals surface area contributed by atoms with Gasteiger partial charge in [0.25, 0.3) is 0 Å². The van der Waals surface area contributed by atoms with Crippen LogP contribution >= 0.6 is 0 Å². The number of hydrogen-bond acceptors (Lipinski definition) is 3. The maximum atomic E-state index is 12.1. The molecule has 0 aromatic heterocycles. The van der Waals surface area contributed by atoms with Gasteiger partial charge in [-0.25, -0.2) is 0 Å². The minimum atomic E-state index is -0.890. The van der Waals surface area contributed by atoms with Gasteiger partial charge in [-0.15, -0.1) is 0 Å². The van der Waals surface area contributed by atoms with Gasteiger partial charge >= 0.3 is 5.97 Å². The summed E-state index contributed by atoms with van der Waals surface area (Å²) in [6.07, 6.45) is 3.03. The summed E-state index contributed by atoms with van der Waals surface area (Å²) in [4.78, 5) is 24.2. The Bertz CT molecular complexity index is 287. The topological polar surface area (TPSA) is 83.6 Å². The van der Waals surface area contributed by atoms with Crippen molar-refractivity contribution in [2.45, 2.75) is 51.6 Å². The highest BCUT2D eigenvalue weighted by Crippen LogP contribution is 2.33. The van der Waals surface area contributed by atoms with Crippen molar-refractivity contribution in [1.29, 1.82) is 0 Å². The normalized spacial score (nSPS) is 16.9. The second-order valence-corrected chi connectivity index (χ2v) is 5.05. The van der Waals surface area contributed by atoms with Crippen LogP contribution in [0.25, 0.3) is 0 Å². The molecule has 1 aliphatic carbocycles. The lowest BCUT2D eigenvalue weighted by atomic mass is 10.1. The lowest BCUT2D eigenvalue weighted by molar-refractivity contribution is -0.139. The lowest BCUT2D eigenvalue weighted by Crippen LogP contribution is -2.47. The van der Waals surface area contributed by atoms with Gasteiger partial charge in [0.05, 0.1) is 12.5 Å². The summed E-state index contributed by atoms with van der Waals surface area (Å²) in [6.45, 7) is 4.00. The van der Waals surface area contributed by atoms with Crippen LogP contribution in [0.1, 0.15) is 39.5 Å². The van der Waals surface area contributed by atoms with E-state index in [1.807, 2.05) is 13.8 Å². The van der Waals surface area contributed by atoms with Gasteiger partial charge in [0.1, 0.15) is 0 Å². The Kier molecular flexibility index (Phi) is 4.93. The zero-order chi connectivity index (χ0) is 13.0. The molecule has 1 fully saturated rings. The van der Waals surface area contributed by atoms with E-state index >= 15 is 0 Å². The minimum Gasteiger partial charge on any atom is -0.481 e. The van der Waals surface area contributed by atoms with Crippen LogP contribution < -0.4 is 5.73 Å². The lowest BCUT2D eigenvalue weighted by Gasteiger charge is -2.29. The summed E-state index contributed by atoms with van der Waals surface area (Å²) >= 11 is 0. The van der Waals surface area contributed by atoms with Crippen molar-refractivity contribution in [2.24, 2.45) is 11.7 Å². The van der Waals surface area contributed by atoms with Crippen molar-refractivity contribution in [1.82, 2.24) is 4.90 Å². The molecule has 0 radical (unpaired) electrons. The number of carbonyl (C=O) groups excluding carboxylic acids is 1. The molecule has 0 aromatic carbocycles. The molecule has 5 heteroatoms. The van der Waals surface area contributed by atoms with E-state index in [0.29, 0.717) is 5.92 Å². The number of nitrogens with zero attached hydrogens (tertiary/aromatic N) is 1. The highest BCUT2D eigenvalue weighted by Gasteiger charge is 2.30. The number of nitrogens with two attached hydrogens (primary N) is 1. The Hall–Kier alpha value is -1.10. The van der Waals surface area contributed by atoms with E-state index in [1.54, 1.807) is 4.90 Å². The van der Waals surface area contributed by atoms with Crippen LogP contribution in [0.15, 0.2) is 0 Å². The number of rotatable bonds is 7. The third-order valence-electron chi connectivity index (χ3n) is 3.07. The van der Waals surface area contributed by atoms with Crippen molar-refractivity contribution in [3.63, 3.8) is 0 Å². The number of carbonyl (C=O) groups is 2. The molecule has 0 aromatic rings. The minimum absolute atomic E-state index is 0.00731. The average Bonchev–Trinajstić information content (AvgIpc) is 3.00. The fourth-order valence-electron chi connectivity index (χ4n) is 1.87. The average molecular weight is 242 g/mol.